The van der Waals surface area contributed by atoms with Crippen LogP contribution in [0.2, 0.25) is 0 Å². The molecule has 0 bridgehead atoms. The van der Waals surface area contributed by atoms with Gasteiger partial charge in [-0.05, 0) is 50.0 Å². The molecule has 6 nitrogen and oxygen atoms in total. The van der Waals surface area contributed by atoms with Crippen LogP contribution >= 0.6 is 0 Å². The molecule has 1 aromatic rings. The number of hydrogen-bond donors (Lipinski definition) is 0. The fourth-order valence-corrected chi connectivity index (χ4v) is 3.60. The molecule has 6 heteroatoms. The molecule has 1 unspecified atom stereocenters. The van der Waals surface area contributed by atoms with E-state index in [-0.39, 0.29) is 5.54 Å². The molecular formula is C16H30N6. The molecule has 1 aliphatic heterocycles. The van der Waals surface area contributed by atoms with Gasteiger partial charge in [0.15, 0.2) is 5.82 Å². The van der Waals surface area contributed by atoms with Crippen molar-refractivity contribution >= 4 is 0 Å². The van der Waals surface area contributed by atoms with Gasteiger partial charge in [-0.15, -0.1) is 5.10 Å². The number of rotatable bonds is 3. The maximum atomic E-state index is 4.26. The van der Waals surface area contributed by atoms with E-state index < -0.39 is 0 Å². The van der Waals surface area contributed by atoms with Crippen LogP contribution in [-0.2, 0) is 12.1 Å². The van der Waals surface area contributed by atoms with Gasteiger partial charge < -0.3 is 0 Å². The second-order valence-corrected chi connectivity index (χ2v) is 8.10. The SMILES string of the molecule is CC1CN(Cc2nnnn2C(C)(C)C)CCN(C2CCC2)C1. The van der Waals surface area contributed by atoms with Crippen LogP contribution < -0.4 is 0 Å². The summed E-state index contributed by atoms with van der Waals surface area (Å²) in [5, 5.41) is 12.3. The fourth-order valence-electron chi connectivity index (χ4n) is 3.60. The molecule has 0 radical (unpaired) electrons. The molecule has 1 saturated heterocycles. The number of aromatic nitrogens is 4. The van der Waals surface area contributed by atoms with E-state index in [1.54, 1.807) is 0 Å². The zero-order chi connectivity index (χ0) is 15.7. The Labute approximate surface area is 133 Å². The molecule has 0 spiro atoms. The summed E-state index contributed by atoms with van der Waals surface area (Å²) in [6, 6.07) is 0.849. The number of hydrogen-bond acceptors (Lipinski definition) is 5. The van der Waals surface area contributed by atoms with Crippen molar-refractivity contribution in [2.75, 3.05) is 26.2 Å². The van der Waals surface area contributed by atoms with E-state index in [1.807, 2.05) is 4.68 Å². The zero-order valence-corrected chi connectivity index (χ0v) is 14.5. The molecule has 22 heavy (non-hydrogen) atoms. The first kappa shape index (κ1) is 15.9. The fraction of sp³-hybridized carbons (Fsp3) is 0.938. The first-order chi connectivity index (χ1) is 10.4. The van der Waals surface area contributed by atoms with Crippen molar-refractivity contribution in [1.82, 2.24) is 30.0 Å². The third-order valence-electron chi connectivity index (χ3n) is 4.95. The summed E-state index contributed by atoms with van der Waals surface area (Å²) >= 11 is 0. The molecular weight excluding hydrogens is 276 g/mol. The molecule has 1 saturated carbocycles. The minimum Gasteiger partial charge on any atom is -0.299 e. The Kier molecular flexibility index (Phi) is 4.50. The molecule has 124 valence electrons. The zero-order valence-electron chi connectivity index (χ0n) is 14.5. The molecule has 1 aromatic heterocycles. The van der Waals surface area contributed by atoms with Crippen molar-refractivity contribution in [2.24, 2.45) is 5.92 Å². The van der Waals surface area contributed by atoms with Gasteiger partial charge in [0.05, 0.1) is 12.1 Å². The van der Waals surface area contributed by atoms with Crippen molar-refractivity contribution in [3.63, 3.8) is 0 Å². The number of tetrazole rings is 1. The van der Waals surface area contributed by atoms with E-state index in [4.69, 9.17) is 0 Å². The van der Waals surface area contributed by atoms with Gasteiger partial charge in [0, 0.05) is 32.2 Å². The van der Waals surface area contributed by atoms with Crippen LogP contribution in [0.5, 0.6) is 0 Å². The molecule has 0 N–H and O–H groups in total. The molecule has 0 aromatic carbocycles. The number of nitrogens with zero attached hydrogens (tertiary/aromatic N) is 6. The lowest BCUT2D eigenvalue weighted by Crippen LogP contribution is -2.43. The largest absolute Gasteiger partial charge is 0.299 e. The Morgan fingerprint density at radius 2 is 1.91 bits per heavy atom. The standard InChI is InChI=1S/C16H30N6/c1-13-10-20(8-9-21(11-13)14-6-5-7-14)12-15-17-18-19-22(15)16(2,3)4/h13-14H,5-12H2,1-4H3. The quantitative estimate of drug-likeness (QED) is 0.851. The van der Waals surface area contributed by atoms with Gasteiger partial charge in [-0.2, -0.15) is 0 Å². The van der Waals surface area contributed by atoms with Crippen LogP contribution in [0.15, 0.2) is 0 Å². The highest BCUT2D eigenvalue weighted by Crippen LogP contribution is 2.27. The Bertz CT molecular complexity index is 487. The molecule has 1 atom stereocenters. The van der Waals surface area contributed by atoms with Crippen molar-refractivity contribution in [1.29, 1.82) is 0 Å². The van der Waals surface area contributed by atoms with Gasteiger partial charge in [-0.1, -0.05) is 13.3 Å². The van der Waals surface area contributed by atoms with Crippen LogP contribution in [0, 0.1) is 5.92 Å². The predicted octanol–water partition coefficient (Wildman–Crippen LogP) is 1.73. The van der Waals surface area contributed by atoms with Gasteiger partial charge >= 0.3 is 0 Å². The highest BCUT2D eigenvalue weighted by Gasteiger charge is 2.30. The summed E-state index contributed by atoms with van der Waals surface area (Å²) in [7, 11) is 0. The summed E-state index contributed by atoms with van der Waals surface area (Å²) in [6.45, 7) is 14.4. The van der Waals surface area contributed by atoms with E-state index in [1.165, 1.54) is 32.4 Å². The second-order valence-electron chi connectivity index (χ2n) is 8.10. The lowest BCUT2D eigenvalue weighted by atomic mass is 9.91. The molecule has 2 heterocycles. The average molecular weight is 306 g/mol. The van der Waals surface area contributed by atoms with Crippen molar-refractivity contribution in [3.05, 3.63) is 5.82 Å². The third kappa shape index (κ3) is 3.49. The molecule has 1 aliphatic carbocycles. The Morgan fingerprint density at radius 3 is 2.55 bits per heavy atom. The molecule has 0 amide bonds. The minimum absolute atomic E-state index is 0.0612. The first-order valence-electron chi connectivity index (χ1n) is 8.67. The maximum Gasteiger partial charge on any atom is 0.165 e. The second kappa shape index (κ2) is 6.24. The Morgan fingerprint density at radius 1 is 1.14 bits per heavy atom. The molecule has 2 aliphatic rings. The summed E-state index contributed by atoms with van der Waals surface area (Å²) in [6.07, 6.45) is 4.21. The van der Waals surface area contributed by atoms with Crippen LogP contribution in [0.4, 0.5) is 0 Å². The van der Waals surface area contributed by atoms with Crippen LogP contribution in [0.1, 0.15) is 52.8 Å². The van der Waals surface area contributed by atoms with Crippen LogP contribution in [-0.4, -0.2) is 62.2 Å². The highest BCUT2D eigenvalue weighted by molar-refractivity contribution is 4.90. The first-order valence-corrected chi connectivity index (χ1v) is 8.67. The smallest absolute Gasteiger partial charge is 0.165 e. The van der Waals surface area contributed by atoms with Crippen LogP contribution in [0.3, 0.4) is 0 Å². The highest BCUT2D eigenvalue weighted by atomic mass is 15.6. The van der Waals surface area contributed by atoms with E-state index in [0.29, 0.717) is 5.92 Å². The van der Waals surface area contributed by atoms with Gasteiger partial charge in [0.25, 0.3) is 0 Å². The van der Waals surface area contributed by atoms with E-state index in [2.05, 4.69) is 53.0 Å². The average Bonchev–Trinajstić information content (AvgIpc) is 2.74. The lowest BCUT2D eigenvalue weighted by molar-refractivity contribution is 0.122. The lowest BCUT2D eigenvalue weighted by Gasteiger charge is -2.37. The summed E-state index contributed by atoms with van der Waals surface area (Å²) in [5.41, 5.74) is -0.0612. The van der Waals surface area contributed by atoms with Crippen molar-refractivity contribution in [3.8, 4) is 0 Å². The summed E-state index contributed by atoms with van der Waals surface area (Å²) < 4.78 is 1.96. The topological polar surface area (TPSA) is 50.1 Å². The predicted molar refractivity (Wildman–Crippen MR) is 86.5 cm³/mol. The summed E-state index contributed by atoms with van der Waals surface area (Å²) in [5.74, 6) is 1.69. The molecule has 3 rings (SSSR count). The van der Waals surface area contributed by atoms with E-state index in [9.17, 15) is 0 Å². The normalized spacial score (nSPS) is 25.9. The van der Waals surface area contributed by atoms with E-state index >= 15 is 0 Å². The van der Waals surface area contributed by atoms with E-state index in [0.717, 1.165) is 31.5 Å². The monoisotopic (exact) mass is 306 g/mol. The Balaban J connectivity index is 1.64. The van der Waals surface area contributed by atoms with Crippen molar-refractivity contribution < 1.29 is 0 Å². The summed E-state index contributed by atoms with van der Waals surface area (Å²) in [4.78, 5) is 5.23. The van der Waals surface area contributed by atoms with Gasteiger partial charge in [-0.3, -0.25) is 9.80 Å². The van der Waals surface area contributed by atoms with Crippen LogP contribution in [0.25, 0.3) is 0 Å². The minimum atomic E-state index is -0.0612. The maximum absolute atomic E-state index is 4.26. The van der Waals surface area contributed by atoms with Gasteiger partial charge in [0.1, 0.15) is 0 Å². The molecule has 2 fully saturated rings. The van der Waals surface area contributed by atoms with Gasteiger partial charge in [-0.25, -0.2) is 4.68 Å². The Hall–Kier alpha value is -1.01. The van der Waals surface area contributed by atoms with Crippen molar-refractivity contribution in [2.45, 2.75) is 65.1 Å². The van der Waals surface area contributed by atoms with Gasteiger partial charge in [0.2, 0.25) is 0 Å². The third-order valence-corrected chi connectivity index (χ3v) is 4.95.